The van der Waals surface area contributed by atoms with Crippen molar-refractivity contribution in [3.8, 4) is 0 Å². The van der Waals surface area contributed by atoms with Gasteiger partial charge in [0.25, 0.3) is 0 Å². The molecule has 1 amide bonds. The highest BCUT2D eigenvalue weighted by atomic mass is 16.6. The van der Waals surface area contributed by atoms with Gasteiger partial charge in [0, 0.05) is 26.3 Å². The summed E-state index contributed by atoms with van der Waals surface area (Å²) >= 11 is 0. The highest BCUT2D eigenvalue weighted by molar-refractivity contribution is 5.69. The minimum Gasteiger partial charge on any atom is -0.444 e. The van der Waals surface area contributed by atoms with Gasteiger partial charge in [-0.1, -0.05) is 0 Å². The van der Waals surface area contributed by atoms with Gasteiger partial charge >= 0.3 is 6.09 Å². The lowest BCUT2D eigenvalue weighted by atomic mass is 9.76. The van der Waals surface area contributed by atoms with E-state index in [1.807, 2.05) is 38.6 Å². The highest BCUT2D eigenvalue weighted by Gasteiger charge is 2.39. The summed E-state index contributed by atoms with van der Waals surface area (Å²) < 4.78 is 7.20. The molecule has 1 saturated carbocycles. The second-order valence-corrected chi connectivity index (χ2v) is 6.81. The Labute approximate surface area is 126 Å². The van der Waals surface area contributed by atoms with E-state index in [1.54, 1.807) is 6.20 Å². The molecule has 1 aromatic rings. The molecule has 1 heterocycles. The lowest BCUT2D eigenvalue weighted by Gasteiger charge is -2.42. The topological polar surface area (TPSA) is 68.2 Å². The average Bonchev–Trinajstić information content (AvgIpc) is 2.69. The van der Waals surface area contributed by atoms with Gasteiger partial charge in [-0.25, -0.2) is 4.79 Å². The maximum Gasteiger partial charge on any atom is 0.408 e. The number of carbonyl (C=O) groups excluding carboxylic acids is 1. The first-order chi connectivity index (χ1) is 9.80. The molecule has 0 aliphatic heterocycles. The molecule has 118 valence electrons. The van der Waals surface area contributed by atoms with Crippen LogP contribution in [0.4, 0.5) is 4.79 Å². The van der Waals surface area contributed by atoms with Crippen LogP contribution in [0.3, 0.4) is 0 Å². The van der Waals surface area contributed by atoms with Gasteiger partial charge in [-0.3, -0.25) is 4.68 Å². The fraction of sp³-hybridized carbons (Fsp3) is 0.733. The Morgan fingerprint density at radius 1 is 1.48 bits per heavy atom. The molecule has 0 spiro atoms. The Kier molecular flexibility index (Phi) is 4.56. The van der Waals surface area contributed by atoms with Crippen LogP contribution in [0.5, 0.6) is 0 Å². The van der Waals surface area contributed by atoms with Crippen LogP contribution in [0.15, 0.2) is 12.3 Å². The van der Waals surface area contributed by atoms with Gasteiger partial charge in [-0.15, -0.1) is 0 Å². The number of rotatable bonds is 5. The third-order valence-electron chi connectivity index (χ3n) is 3.77. The van der Waals surface area contributed by atoms with E-state index >= 15 is 0 Å². The van der Waals surface area contributed by atoms with Crippen molar-refractivity contribution in [2.45, 2.75) is 57.7 Å². The van der Waals surface area contributed by atoms with Crippen LogP contribution in [-0.4, -0.2) is 33.6 Å². The summed E-state index contributed by atoms with van der Waals surface area (Å²) in [5.74, 6) is 0. The molecular formula is C15H26N4O2. The number of ether oxygens (including phenoxy) is 1. The van der Waals surface area contributed by atoms with Gasteiger partial charge < -0.3 is 15.4 Å². The number of nitrogens with zero attached hydrogens (tertiary/aromatic N) is 2. The molecule has 1 aliphatic carbocycles. The Balaban J connectivity index is 1.81. The smallest absolute Gasteiger partial charge is 0.408 e. The second-order valence-electron chi connectivity index (χ2n) is 6.81. The van der Waals surface area contributed by atoms with Gasteiger partial charge in [-0.2, -0.15) is 5.10 Å². The zero-order chi connectivity index (χ0) is 15.5. The molecule has 0 unspecified atom stereocenters. The van der Waals surface area contributed by atoms with E-state index in [4.69, 9.17) is 4.74 Å². The molecule has 2 N–H and O–H groups in total. The number of hydrogen-bond donors (Lipinski definition) is 2. The first kappa shape index (κ1) is 15.8. The lowest BCUT2D eigenvalue weighted by Crippen LogP contribution is -2.59. The minimum absolute atomic E-state index is 0.166. The summed E-state index contributed by atoms with van der Waals surface area (Å²) in [6.45, 7) is 7.12. The Morgan fingerprint density at radius 2 is 2.19 bits per heavy atom. The molecule has 0 radical (unpaired) electrons. The molecule has 1 fully saturated rings. The van der Waals surface area contributed by atoms with Crippen LogP contribution in [0.1, 0.15) is 45.7 Å². The van der Waals surface area contributed by atoms with Crippen molar-refractivity contribution in [3.05, 3.63) is 18.0 Å². The molecule has 6 nitrogen and oxygen atoms in total. The number of hydrogen-bond acceptors (Lipinski definition) is 4. The maximum absolute atomic E-state index is 11.9. The third kappa shape index (κ3) is 4.46. The number of alkyl carbamates (subject to hydrolysis) is 1. The van der Waals surface area contributed by atoms with Crippen molar-refractivity contribution in [2.75, 3.05) is 6.54 Å². The van der Waals surface area contributed by atoms with Gasteiger partial charge in [0.15, 0.2) is 0 Å². The molecule has 1 aliphatic rings. The normalized spacial score (nSPS) is 17.1. The average molecular weight is 294 g/mol. The van der Waals surface area contributed by atoms with E-state index in [0.717, 1.165) is 38.0 Å². The summed E-state index contributed by atoms with van der Waals surface area (Å²) in [4.78, 5) is 11.9. The van der Waals surface area contributed by atoms with Crippen molar-refractivity contribution in [3.63, 3.8) is 0 Å². The van der Waals surface area contributed by atoms with Crippen molar-refractivity contribution in [1.29, 1.82) is 0 Å². The molecule has 0 saturated heterocycles. The molecule has 2 rings (SSSR count). The van der Waals surface area contributed by atoms with Crippen LogP contribution in [0, 0.1) is 0 Å². The van der Waals surface area contributed by atoms with E-state index in [-0.39, 0.29) is 11.6 Å². The van der Waals surface area contributed by atoms with Crippen LogP contribution >= 0.6 is 0 Å². The molecule has 6 heteroatoms. The van der Waals surface area contributed by atoms with E-state index in [9.17, 15) is 4.79 Å². The van der Waals surface area contributed by atoms with E-state index < -0.39 is 5.60 Å². The predicted molar refractivity (Wildman–Crippen MR) is 80.9 cm³/mol. The second kappa shape index (κ2) is 6.05. The van der Waals surface area contributed by atoms with Crippen molar-refractivity contribution in [1.82, 2.24) is 20.4 Å². The lowest BCUT2D eigenvalue weighted by molar-refractivity contribution is 0.0382. The van der Waals surface area contributed by atoms with Crippen LogP contribution in [0.25, 0.3) is 0 Å². The molecule has 0 atom stereocenters. The molecular weight excluding hydrogens is 268 g/mol. The fourth-order valence-electron chi connectivity index (χ4n) is 2.47. The number of nitrogens with one attached hydrogen (secondary N) is 2. The largest absolute Gasteiger partial charge is 0.444 e. The standard InChI is InChI=1S/C15H26N4O2/c1-14(2,3)21-13(20)18-15(7-5-8-15)11-16-10-12-6-9-17-19(12)4/h6,9,16H,5,7-8,10-11H2,1-4H3,(H,18,20). The van der Waals surface area contributed by atoms with E-state index in [0.29, 0.717) is 0 Å². The summed E-state index contributed by atoms with van der Waals surface area (Å²) in [7, 11) is 1.93. The first-order valence-electron chi connectivity index (χ1n) is 7.48. The van der Waals surface area contributed by atoms with Crippen molar-refractivity contribution >= 4 is 6.09 Å². The Morgan fingerprint density at radius 3 is 2.67 bits per heavy atom. The van der Waals surface area contributed by atoms with Gasteiger partial charge in [-0.05, 0) is 46.1 Å². The minimum atomic E-state index is -0.461. The first-order valence-corrected chi connectivity index (χ1v) is 7.48. The van der Waals surface area contributed by atoms with Crippen molar-refractivity contribution < 1.29 is 9.53 Å². The third-order valence-corrected chi connectivity index (χ3v) is 3.77. The quantitative estimate of drug-likeness (QED) is 0.871. The van der Waals surface area contributed by atoms with Crippen LogP contribution < -0.4 is 10.6 Å². The van der Waals surface area contributed by atoms with E-state index in [2.05, 4.69) is 15.7 Å². The molecule has 0 bridgehead atoms. The Bertz CT molecular complexity index is 486. The SMILES string of the molecule is Cn1nccc1CNCC1(NC(=O)OC(C)(C)C)CCC1. The monoisotopic (exact) mass is 294 g/mol. The number of carbonyl (C=O) groups is 1. The summed E-state index contributed by atoms with van der Waals surface area (Å²) in [6, 6.07) is 1.99. The summed E-state index contributed by atoms with van der Waals surface area (Å²) in [6.07, 6.45) is 4.58. The zero-order valence-corrected chi connectivity index (χ0v) is 13.4. The number of aryl methyl sites for hydroxylation is 1. The fourth-order valence-corrected chi connectivity index (χ4v) is 2.47. The van der Waals surface area contributed by atoms with Gasteiger partial charge in [0.1, 0.15) is 5.60 Å². The zero-order valence-electron chi connectivity index (χ0n) is 13.4. The van der Waals surface area contributed by atoms with Gasteiger partial charge in [0.2, 0.25) is 0 Å². The van der Waals surface area contributed by atoms with Gasteiger partial charge in [0.05, 0.1) is 11.2 Å². The number of amides is 1. The molecule has 21 heavy (non-hydrogen) atoms. The number of aromatic nitrogens is 2. The highest BCUT2D eigenvalue weighted by Crippen LogP contribution is 2.31. The van der Waals surface area contributed by atoms with Crippen LogP contribution in [-0.2, 0) is 18.3 Å². The van der Waals surface area contributed by atoms with Crippen LogP contribution in [0.2, 0.25) is 0 Å². The molecule has 0 aromatic carbocycles. The van der Waals surface area contributed by atoms with Crippen molar-refractivity contribution in [2.24, 2.45) is 7.05 Å². The Hall–Kier alpha value is -1.56. The summed E-state index contributed by atoms with van der Waals surface area (Å²) in [5, 5.41) is 10.6. The van der Waals surface area contributed by atoms with E-state index in [1.165, 1.54) is 0 Å². The summed E-state index contributed by atoms with van der Waals surface area (Å²) in [5.41, 5.74) is 0.500. The predicted octanol–water partition coefficient (Wildman–Crippen LogP) is 1.96. The maximum atomic E-state index is 11.9. The molecule has 1 aromatic heterocycles.